The van der Waals surface area contributed by atoms with Crippen LogP contribution in [0.2, 0.25) is 0 Å². The molecule has 1 amide bonds. The lowest BCUT2D eigenvalue weighted by molar-refractivity contribution is -0.128. The number of allylic oxidation sites excluding steroid dienone is 1. The number of nitriles is 1. The fourth-order valence-corrected chi connectivity index (χ4v) is 2.17. The Morgan fingerprint density at radius 3 is 2.61 bits per heavy atom. The highest BCUT2D eigenvalue weighted by atomic mass is 16.2. The standard InChI is InChI=1S/C15H23N2O/c1-12-8-6-5-7-9-17(12)14(18)13(11-16)10-15(2,3)4/h10,12H,1,5-9H2,2-4H3/t12-/m1/s1. The summed E-state index contributed by atoms with van der Waals surface area (Å²) in [4.78, 5) is 14.1. The smallest absolute Gasteiger partial charge is 0.264 e. The number of nitrogens with zero attached hydrogens (tertiary/aromatic N) is 2. The third-order valence-electron chi connectivity index (χ3n) is 3.07. The molecule has 99 valence electrons. The first-order valence-electron chi connectivity index (χ1n) is 6.62. The minimum Gasteiger partial charge on any atom is -0.335 e. The summed E-state index contributed by atoms with van der Waals surface area (Å²) in [5.41, 5.74) is 0.0847. The van der Waals surface area contributed by atoms with Gasteiger partial charge in [-0.25, -0.2) is 0 Å². The van der Waals surface area contributed by atoms with E-state index in [1.807, 2.05) is 26.8 Å². The molecule has 0 unspecified atom stereocenters. The van der Waals surface area contributed by atoms with E-state index in [1.54, 1.807) is 11.0 Å². The van der Waals surface area contributed by atoms with Crippen LogP contribution in [0.4, 0.5) is 0 Å². The lowest BCUT2D eigenvalue weighted by Crippen LogP contribution is -2.39. The van der Waals surface area contributed by atoms with Gasteiger partial charge in [-0.2, -0.15) is 5.26 Å². The van der Waals surface area contributed by atoms with Gasteiger partial charge in [-0.1, -0.05) is 39.7 Å². The first-order valence-corrected chi connectivity index (χ1v) is 6.62. The number of hydrogen-bond donors (Lipinski definition) is 0. The fourth-order valence-electron chi connectivity index (χ4n) is 2.17. The van der Waals surface area contributed by atoms with Crippen molar-refractivity contribution >= 4 is 5.91 Å². The van der Waals surface area contributed by atoms with Crippen LogP contribution in [0.3, 0.4) is 0 Å². The molecule has 18 heavy (non-hydrogen) atoms. The second-order valence-corrected chi connectivity index (χ2v) is 6.04. The van der Waals surface area contributed by atoms with Crippen molar-refractivity contribution in [1.82, 2.24) is 4.90 Å². The van der Waals surface area contributed by atoms with Crippen LogP contribution in [0.1, 0.15) is 46.5 Å². The lowest BCUT2D eigenvalue weighted by Gasteiger charge is -2.27. The molecule has 0 aromatic rings. The molecule has 0 bridgehead atoms. The van der Waals surface area contributed by atoms with E-state index in [-0.39, 0.29) is 22.9 Å². The van der Waals surface area contributed by atoms with Crippen molar-refractivity contribution in [2.45, 2.75) is 52.5 Å². The van der Waals surface area contributed by atoms with Crippen LogP contribution in [0.15, 0.2) is 11.6 Å². The quantitative estimate of drug-likeness (QED) is 0.528. The van der Waals surface area contributed by atoms with Crippen LogP contribution in [0, 0.1) is 23.7 Å². The maximum atomic E-state index is 12.4. The Labute approximate surface area is 110 Å². The molecule has 0 N–H and O–H groups in total. The number of rotatable bonds is 1. The van der Waals surface area contributed by atoms with Crippen molar-refractivity contribution in [2.75, 3.05) is 6.54 Å². The average Bonchev–Trinajstić information content (AvgIpc) is 2.48. The molecule has 1 aliphatic rings. The summed E-state index contributed by atoms with van der Waals surface area (Å²) < 4.78 is 0. The van der Waals surface area contributed by atoms with Crippen molar-refractivity contribution in [3.05, 3.63) is 18.6 Å². The molecule has 1 saturated heterocycles. The van der Waals surface area contributed by atoms with Crippen LogP contribution >= 0.6 is 0 Å². The number of carbonyl (C=O) groups is 1. The zero-order valence-corrected chi connectivity index (χ0v) is 11.7. The first kappa shape index (κ1) is 14.8. The molecule has 1 rings (SSSR count). The van der Waals surface area contributed by atoms with Crippen molar-refractivity contribution in [2.24, 2.45) is 5.41 Å². The molecule has 3 nitrogen and oxygen atoms in total. The summed E-state index contributed by atoms with van der Waals surface area (Å²) in [5.74, 6) is -0.158. The number of hydrogen-bond acceptors (Lipinski definition) is 2. The highest BCUT2D eigenvalue weighted by Crippen LogP contribution is 2.22. The third kappa shape index (κ3) is 4.18. The number of likely N-dealkylation sites (tertiary alicyclic amines) is 1. The summed E-state index contributed by atoms with van der Waals surface area (Å²) in [6, 6.07) is 2.04. The van der Waals surface area contributed by atoms with Gasteiger partial charge in [-0.05, 0) is 25.2 Å². The Morgan fingerprint density at radius 2 is 2.06 bits per heavy atom. The molecule has 1 radical (unpaired) electrons. The SMILES string of the molecule is [CH2][C@@H]1CCCCCN1C(=O)C(C#N)=CC(C)(C)C. The molecule has 0 aromatic heterocycles. The minimum atomic E-state index is -0.163. The maximum absolute atomic E-state index is 12.4. The summed E-state index contributed by atoms with van der Waals surface area (Å²) >= 11 is 0. The van der Waals surface area contributed by atoms with Crippen LogP contribution < -0.4 is 0 Å². The van der Waals surface area contributed by atoms with E-state index in [2.05, 4.69) is 6.92 Å². The lowest BCUT2D eigenvalue weighted by atomic mass is 9.93. The van der Waals surface area contributed by atoms with Crippen molar-refractivity contribution in [1.29, 1.82) is 5.26 Å². The largest absolute Gasteiger partial charge is 0.335 e. The van der Waals surface area contributed by atoms with Gasteiger partial charge in [-0.3, -0.25) is 4.79 Å². The second kappa shape index (κ2) is 6.04. The molecule has 1 heterocycles. The molecular weight excluding hydrogens is 224 g/mol. The summed E-state index contributed by atoms with van der Waals surface area (Å²) in [6.45, 7) is 10.7. The zero-order chi connectivity index (χ0) is 13.8. The van der Waals surface area contributed by atoms with Crippen molar-refractivity contribution in [3.63, 3.8) is 0 Å². The Kier molecular flexibility index (Phi) is 4.95. The van der Waals surface area contributed by atoms with E-state index < -0.39 is 0 Å². The van der Waals surface area contributed by atoms with Gasteiger partial charge in [0.05, 0.1) is 0 Å². The van der Waals surface area contributed by atoms with Crippen molar-refractivity contribution < 1.29 is 4.79 Å². The van der Waals surface area contributed by atoms with E-state index in [9.17, 15) is 4.79 Å². The Morgan fingerprint density at radius 1 is 1.39 bits per heavy atom. The highest BCUT2D eigenvalue weighted by Gasteiger charge is 2.25. The van der Waals surface area contributed by atoms with Gasteiger partial charge in [-0.15, -0.1) is 0 Å². The molecule has 1 fully saturated rings. The topological polar surface area (TPSA) is 44.1 Å². The summed E-state index contributed by atoms with van der Waals surface area (Å²) in [7, 11) is 0. The molecule has 0 spiro atoms. The van der Waals surface area contributed by atoms with Gasteiger partial charge in [0.1, 0.15) is 11.6 Å². The van der Waals surface area contributed by atoms with Crippen LogP contribution in [-0.4, -0.2) is 23.4 Å². The van der Waals surface area contributed by atoms with Gasteiger partial charge in [0.15, 0.2) is 0 Å². The summed E-state index contributed by atoms with van der Waals surface area (Å²) in [5, 5.41) is 9.16. The highest BCUT2D eigenvalue weighted by molar-refractivity contribution is 5.97. The maximum Gasteiger partial charge on any atom is 0.264 e. The zero-order valence-electron chi connectivity index (χ0n) is 11.7. The molecular formula is C15H23N2O. The molecule has 0 aromatic carbocycles. The van der Waals surface area contributed by atoms with Crippen LogP contribution in [-0.2, 0) is 4.79 Å². The van der Waals surface area contributed by atoms with Crippen LogP contribution in [0.25, 0.3) is 0 Å². The van der Waals surface area contributed by atoms with E-state index in [1.165, 1.54) is 0 Å². The Bertz CT molecular complexity index is 371. The van der Waals surface area contributed by atoms with Gasteiger partial charge in [0.2, 0.25) is 0 Å². The molecule has 1 atom stereocenters. The molecule has 1 aliphatic heterocycles. The van der Waals surface area contributed by atoms with E-state index in [4.69, 9.17) is 5.26 Å². The minimum absolute atomic E-state index is 0.00304. The monoisotopic (exact) mass is 247 g/mol. The van der Waals surface area contributed by atoms with E-state index in [0.717, 1.165) is 32.2 Å². The third-order valence-corrected chi connectivity index (χ3v) is 3.07. The number of carbonyl (C=O) groups excluding carboxylic acids is 1. The van der Waals surface area contributed by atoms with Crippen LogP contribution in [0.5, 0.6) is 0 Å². The molecule has 0 saturated carbocycles. The predicted octanol–water partition coefficient (Wildman–Crippen LogP) is 3.09. The Hall–Kier alpha value is -1.30. The van der Waals surface area contributed by atoms with Gasteiger partial charge < -0.3 is 4.90 Å². The first-order chi connectivity index (χ1) is 8.35. The molecule has 3 heteroatoms. The predicted molar refractivity (Wildman–Crippen MR) is 72.5 cm³/mol. The normalized spacial score (nSPS) is 22.3. The summed E-state index contributed by atoms with van der Waals surface area (Å²) in [6.07, 6.45) is 5.95. The van der Waals surface area contributed by atoms with E-state index in [0.29, 0.717) is 0 Å². The van der Waals surface area contributed by atoms with Gasteiger partial charge >= 0.3 is 0 Å². The fraction of sp³-hybridized carbons (Fsp3) is 0.667. The van der Waals surface area contributed by atoms with Gasteiger partial charge in [0, 0.05) is 12.6 Å². The van der Waals surface area contributed by atoms with E-state index >= 15 is 0 Å². The average molecular weight is 247 g/mol. The Balaban J connectivity index is 2.90. The van der Waals surface area contributed by atoms with Gasteiger partial charge in [0.25, 0.3) is 5.91 Å². The molecule has 0 aliphatic carbocycles. The number of amides is 1. The van der Waals surface area contributed by atoms with Crippen molar-refractivity contribution in [3.8, 4) is 6.07 Å². The second-order valence-electron chi connectivity index (χ2n) is 6.04.